The average Bonchev–Trinajstić information content (AvgIpc) is 3.16. The lowest BCUT2D eigenvalue weighted by Crippen LogP contribution is -2.31. The number of amides is 1. The molecular weight excluding hydrogens is 322 g/mol. The van der Waals surface area contributed by atoms with Gasteiger partial charge in [-0.3, -0.25) is 14.2 Å². The highest BCUT2D eigenvalue weighted by Gasteiger charge is 2.18. The standard InChI is InChI=1S/C17H25N5O3/c1-5-20(11-15-12(3)19-22(6-2)13(15)4)16(23)7-8-21-10-14(9-18-21)17(24)25/h9-10H,5-8,11H2,1-4H3,(H,24,25). The smallest absolute Gasteiger partial charge is 0.338 e. The van der Waals surface area contributed by atoms with Crippen LogP contribution in [0.4, 0.5) is 0 Å². The second kappa shape index (κ2) is 7.96. The molecule has 25 heavy (non-hydrogen) atoms. The molecule has 0 bridgehead atoms. The summed E-state index contributed by atoms with van der Waals surface area (Å²) >= 11 is 0. The Labute approximate surface area is 147 Å². The van der Waals surface area contributed by atoms with Crippen molar-refractivity contribution < 1.29 is 14.7 Å². The van der Waals surface area contributed by atoms with E-state index in [9.17, 15) is 9.59 Å². The normalized spacial score (nSPS) is 10.9. The quantitative estimate of drug-likeness (QED) is 0.786. The highest BCUT2D eigenvalue weighted by Crippen LogP contribution is 2.16. The van der Waals surface area contributed by atoms with E-state index >= 15 is 0 Å². The fourth-order valence-corrected chi connectivity index (χ4v) is 2.80. The highest BCUT2D eigenvalue weighted by molar-refractivity contribution is 5.86. The number of hydrogen-bond donors (Lipinski definition) is 1. The molecule has 0 atom stereocenters. The van der Waals surface area contributed by atoms with Crippen LogP contribution in [0.1, 0.15) is 47.6 Å². The maximum atomic E-state index is 12.5. The van der Waals surface area contributed by atoms with Crippen LogP contribution in [-0.4, -0.2) is 48.0 Å². The van der Waals surface area contributed by atoms with Crippen LogP contribution in [0.3, 0.4) is 0 Å². The van der Waals surface area contributed by atoms with Crippen molar-refractivity contribution in [3.05, 3.63) is 34.9 Å². The summed E-state index contributed by atoms with van der Waals surface area (Å²) in [4.78, 5) is 25.2. The zero-order chi connectivity index (χ0) is 18.6. The van der Waals surface area contributed by atoms with Crippen molar-refractivity contribution in [1.29, 1.82) is 0 Å². The van der Waals surface area contributed by atoms with Gasteiger partial charge in [-0.1, -0.05) is 0 Å². The Bertz CT molecular complexity index is 762. The number of carboxylic acids is 1. The van der Waals surface area contributed by atoms with E-state index in [2.05, 4.69) is 10.2 Å². The number of carboxylic acid groups (broad SMARTS) is 1. The molecule has 0 aliphatic carbocycles. The van der Waals surface area contributed by atoms with Crippen LogP contribution < -0.4 is 0 Å². The first-order chi connectivity index (χ1) is 11.9. The Kier molecular flexibility index (Phi) is 5.95. The van der Waals surface area contributed by atoms with Gasteiger partial charge in [0.15, 0.2) is 0 Å². The highest BCUT2D eigenvalue weighted by atomic mass is 16.4. The summed E-state index contributed by atoms with van der Waals surface area (Å²) in [7, 11) is 0. The summed E-state index contributed by atoms with van der Waals surface area (Å²) in [6.07, 6.45) is 3.00. The lowest BCUT2D eigenvalue weighted by atomic mass is 10.1. The van der Waals surface area contributed by atoms with E-state index in [4.69, 9.17) is 5.11 Å². The zero-order valence-electron chi connectivity index (χ0n) is 15.2. The van der Waals surface area contributed by atoms with Crippen LogP contribution in [0.25, 0.3) is 0 Å². The summed E-state index contributed by atoms with van der Waals surface area (Å²) in [5.74, 6) is -1.01. The summed E-state index contributed by atoms with van der Waals surface area (Å²) in [5.41, 5.74) is 3.25. The molecule has 2 rings (SSSR count). The molecule has 0 unspecified atom stereocenters. The second-order valence-corrected chi connectivity index (χ2v) is 5.92. The summed E-state index contributed by atoms with van der Waals surface area (Å²) in [5, 5.41) is 17.4. The fraction of sp³-hybridized carbons (Fsp3) is 0.529. The number of rotatable bonds is 8. The molecule has 2 heterocycles. The Morgan fingerprint density at radius 1 is 1.28 bits per heavy atom. The minimum absolute atomic E-state index is 0.0120. The van der Waals surface area contributed by atoms with Gasteiger partial charge in [-0.2, -0.15) is 10.2 Å². The van der Waals surface area contributed by atoms with Gasteiger partial charge in [-0.15, -0.1) is 0 Å². The van der Waals surface area contributed by atoms with E-state index in [1.165, 1.54) is 17.1 Å². The van der Waals surface area contributed by atoms with Crippen molar-refractivity contribution >= 4 is 11.9 Å². The largest absolute Gasteiger partial charge is 0.478 e. The molecule has 0 fully saturated rings. The Morgan fingerprint density at radius 3 is 2.52 bits per heavy atom. The van der Waals surface area contributed by atoms with Gasteiger partial charge in [0.25, 0.3) is 0 Å². The summed E-state index contributed by atoms with van der Waals surface area (Å²) in [6.45, 7) is 10.3. The average molecular weight is 347 g/mol. The number of aryl methyl sites for hydroxylation is 3. The maximum absolute atomic E-state index is 12.5. The molecule has 0 aromatic carbocycles. The van der Waals surface area contributed by atoms with Gasteiger partial charge in [0.1, 0.15) is 0 Å². The van der Waals surface area contributed by atoms with Crippen LogP contribution in [0.15, 0.2) is 12.4 Å². The molecule has 0 saturated heterocycles. The van der Waals surface area contributed by atoms with Gasteiger partial charge in [0.2, 0.25) is 5.91 Å². The topological polar surface area (TPSA) is 93.2 Å². The van der Waals surface area contributed by atoms with Gasteiger partial charge in [0, 0.05) is 50.1 Å². The molecule has 0 aliphatic heterocycles. The first-order valence-corrected chi connectivity index (χ1v) is 8.43. The van der Waals surface area contributed by atoms with Gasteiger partial charge >= 0.3 is 5.97 Å². The Morgan fingerprint density at radius 2 is 2.00 bits per heavy atom. The molecule has 0 saturated carbocycles. The van der Waals surface area contributed by atoms with Gasteiger partial charge < -0.3 is 10.0 Å². The first kappa shape index (κ1) is 18.7. The molecule has 0 aliphatic rings. The first-order valence-electron chi connectivity index (χ1n) is 8.43. The number of carbonyl (C=O) groups is 2. The van der Waals surface area contributed by atoms with Crippen molar-refractivity contribution in [2.75, 3.05) is 6.54 Å². The lowest BCUT2D eigenvalue weighted by molar-refractivity contribution is -0.131. The predicted octanol–water partition coefficient (Wildman–Crippen LogP) is 1.85. The SMILES string of the molecule is CCN(Cc1c(C)nn(CC)c1C)C(=O)CCn1cc(C(=O)O)cn1. The molecule has 1 N–H and O–H groups in total. The third-order valence-corrected chi connectivity index (χ3v) is 4.35. The molecule has 8 heteroatoms. The number of aromatic nitrogens is 4. The Balaban J connectivity index is 2.01. The lowest BCUT2D eigenvalue weighted by Gasteiger charge is -2.21. The minimum Gasteiger partial charge on any atom is -0.478 e. The van der Waals surface area contributed by atoms with Crippen LogP contribution in [0.2, 0.25) is 0 Å². The third kappa shape index (κ3) is 4.26. The molecule has 0 spiro atoms. The number of aromatic carboxylic acids is 1. The van der Waals surface area contributed by atoms with Gasteiger partial charge in [-0.25, -0.2) is 4.79 Å². The zero-order valence-corrected chi connectivity index (χ0v) is 15.2. The van der Waals surface area contributed by atoms with Crippen LogP contribution in [-0.2, 0) is 24.4 Å². The van der Waals surface area contributed by atoms with E-state index in [1.54, 1.807) is 4.90 Å². The number of carbonyl (C=O) groups excluding carboxylic acids is 1. The number of nitrogens with zero attached hydrogens (tertiary/aromatic N) is 5. The summed E-state index contributed by atoms with van der Waals surface area (Å²) in [6, 6.07) is 0. The van der Waals surface area contributed by atoms with Crippen molar-refractivity contribution in [3.8, 4) is 0 Å². The molecular formula is C17H25N5O3. The van der Waals surface area contributed by atoms with E-state index in [0.29, 0.717) is 19.6 Å². The van der Waals surface area contributed by atoms with E-state index < -0.39 is 5.97 Å². The molecule has 0 radical (unpaired) electrons. The van der Waals surface area contributed by atoms with Crippen LogP contribution >= 0.6 is 0 Å². The molecule has 2 aromatic rings. The van der Waals surface area contributed by atoms with E-state index in [0.717, 1.165) is 23.5 Å². The maximum Gasteiger partial charge on any atom is 0.338 e. The number of hydrogen-bond acceptors (Lipinski definition) is 4. The van der Waals surface area contributed by atoms with Crippen molar-refractivity contribution in [2.24, 2.45) is 0 Å². The van der Waals surface area contributed by atoms with Crippen molar-refractivity contribution in [2.45, 2.75) is 53.8 Å². The minimum atomic E-state index is -1.02. The van der Waals surface area contributed by atoms with Crippen molar-refractivity contribution in [3.63, 3.8) is 0 Å². The van der Waals surface area contributed by atoms with Crippen LogP contribution in [0.5, 0.6) is 0 Å². The van der Waals surface area contributed by atoms with E-state index in [1.807, 2.05) is 32.4 Å². The van der Waals surface area contributed by atoms with Crippen LogP contribution in [0, 0.1) is 13.8 Å². The third-order valence-electron chi connectivity index (χ3n) is 4.35. The summed E-state index contributed by atoms with van der Waals surface area (Å²) < 4.78 is 3.43. The second-order valence-electron chi connectivity index (χ2n) is 5.92. The Hall–Kier alpha value is -2.64. The fourth-order valence-electron chi connectivity index (χ4n) is 2.80. The molecule has 8 nitrogen and oxygen atoms in total. The molecule has 2 aromatic heterocycles. The monoisotopic (exact) mass is 347 g/mol. The predicted molar refractivity (Wildman–Crippen MR) is 92.3 cm³/mol. The molecule has 1 amide bonds. The molecule has 136 valence electrons. The van der Waals surface area contributed by atoms with Crippen molar-refractivity contribution in [1.82, 2.24) is 24.5 Å². The van der Waals surface area contributed by atoms with Gasteiger partial charge in [0.05, 0.1) is 17.5 Å². The van der Waals surface area contributed by atoms with Gasteiger partial charge in [-0.05, 0) is 27.7 Å². The van der Waals surface area contributed by atoms with E-state index in [-0.39, 0.29) is 17.9 Å².